The van der Waals surface area contributed by atoms with Gasteiger partial charge in [-0.25, -0.2) is 19.2 Å². The normalized spacial score (nSPS) is 17.1. The first kappa shape index (κ1) is 27.7. The van der Waals surface area contributed by atoms with Gasteiger partial charge in [-0.15, -0.1) is 0 Å². The molecule has 2 aliphatic heterocycles. The lowest BCUT2D eigenvalue weighted by atomic mass is 10.0. The first-order valence-electron chi connectivity index (χ1n) is 14.0. The van der Waals surface area contributed by atoms with Gasteiger partial charge in [-0.1, -0.05) is 24.3 Å². The summed E-state index contributed by atoms with van der Waals surface area (Å²) in [6, 6.07) is 15.0. The summed E-state index contributed by atoms with van der Waals surface area (Å²) in [6.07, 6.45) is 4.02. The van der Waals surface area contributed by atoms with Gasteiger partial charge in [0.05, 0.1) is 41.5 Å². The Labute approximate surface area is 242 Å². The van der Waals surface area contributed by atoms with E-state index in [9.17, 15) is 19.1 Å². The van der Waals surface area contributed by atoms with Crippen LogP contribution in [0.25, 0.3) is 16.6 Å². The Balaban J connectivity index is 1.13. The maximum atomic E-state index is 14.4. The van der Waals surface area contributed by atoms with Gasteiger partial charge in [-0.05, 0) is 55.7 Å². The standard InChI is InChI=1S/C32H31FN4O5/c1-20(38)22-5-6-24(26(33)15-22)19-42-31-4-2-3-27(35-31)21-9-12-36(13-10-21)18-30-34-28-8-7-23(32(39)40)16-29(28)37(30)17-25-11-14-41-25/h2-9,15-16,25H,10-14,17-19H2,1H3,(H,39,40). The molecule has 0 aliphatic carbocycles. The molecule has 216 valence electrons. The molecule has 1 N–H and O–H groups in total. The molecule has 1 fully saturated rings. The third-order valence-corrected chi connectivity index (χ3v) is 7.80. The van der Waals surface area contributed by atoms with Crippen LogP contribution >= 0.6 is 0 Å². The second-order valence-corrected chi connectivity index (χ2v) is 10.7. The van der Waals surface area contributed by atoms with Crippen LogP contribution in [0.2, 0.25) is 0 Å². The molecule has 9 nitrogen and oxygen atoms in total. The van der Waals surface area contributed by atoms with Crippen molar-refractivity contribution in [2.24, 2.45) is 0 Å². The topological polar surface area (TPSA) is 107 Å². The van der Waals surface area contributed by atoms with Gasteiger partial charge >= 0.3 is 5.97 Å². The van der Waals surface area contributed by atoms with E-state index in [2.05, 4.69) is 20.5 Å². The number of nitrogens with zero attached hydrogens (tertiary/aromatic N) is 4. The molecule has 6 rings (SSSR count). The number of hydrogen-bond acceptors (Lipinski definition) is 7. The molecule has 4 heterocycles. The van der Waals surface area contributed by atoms with Crippen molar-refractivity contribution in [3.05, 3.63) is 94.7 Å². The number of carbonyl (C=O) groups excluding carboxylic acids is 1. The lowest BCUT2D eigenvalue weighted by Crippen LogP contribution is -2.33. The van der Waals surface area contributed by atoms with Crippen LogP contribution < -0.4 is 4.74 Å². The number of carboxylic acid groups (broad SMARTS) is 1. The van der Waals surface area contributed by atoms with Gasteiger partial charge < -0.3 is 19.1 Å². The van der Waals surface area contributed by atoms with Crippen molar-refractivity contribution < 1.29 is 28.6 Å². The number of pyridine rings is 1. The lowest BCUT2D eigenvalue weighted by Gasteiger charge is -2.29. The molecular formula is C32H31FN4O5. The fourth-order valence-electron chi connectivity index (χ4n) is 5.26. The van der Waals surface area contributed by atoms with Crippen molar-refractivity contribution in [3.8, 4) is 5.88 Å². The number of aromatic nitrogens is 3. The molecular weight excluding hydrogens is 539 g/mol. The number of halogens is 1. The van der Waals surface area contributed by atoms with Crippen LogP contribution in [0.15, 0.2) is 60.7 Å². The van der Waals surface area contributed by atoms with E-state index in [-0.39, 0.29) is 24.1 Å². The molecule has 0 spiro atoms. The van der Waals surface area contributed by atoms with Crippen molar-refractivity contribution >= 4 is 28.4 Å². The summed E-state index contributed by atoms with van der Waals surface area (Å²) in [5.41, 5.74) is 4.43. The Morgan fingerprint density at radius 2 is 1.95 bits per heavy atom. The summed E-state index contributed by atoms with van der Waals surface area (Å²) in [5.74, 6) is -0.342. The molecule has 42 heavy (non-hydrogen) atoms. The van der Waals surface area contributed by atoms with E-state index in [1.807, 2.05) is 12.1 Å². The van der Waals surface area contributed by atoms with Gasteiger partial charge in [0.2, 0.25) is 5.88 Å². The SMILES string of the molecule is CC(=O)c1ccc(COc2cccc(C3=CCN(Cc4nc5ccc(C(=O)O)cc5n4CC4CCO4)CC3)n2)c(F)c1. The fraction of sp³-hybridized carbons (Fsp3) is 0.312. The average Bonchev–Trinajstić information content (AvgIpc) is 3.30. The molecule has 1 unspecified atom stereocenters. The molecule has 0 saturated carbocycles. The zero-order valence-electron chi connectivity index (χ0n) is 23.3. The molecule has 0 amide bonds. The molecule has 2 aromatic heterocycles. The van der Waals surface area contributed by atoms with Gasteiger partial charge in [-0.2, -0.15) is 0 Å². The minimum atomic E-state index is -0.960. The summed E-state index contributed by atoms with van der Waals surface area (Å²) in [6.45, 7) is 4.94. The van der Waals surface area contributed by atoms with Crippen LogP contribution in [0.3, 0.4) is 0 Å². The highest BCUT2D eigenvalue weighted by Crippen LogP contribution is 2.27. The molecule has 2 aromatic carbocycles. The Morgan fingerprint density at radius 1 is 1.12 bits per heavy atom. The van der Waals surface area contributed by atoms with Crippen LogP contribution in [-0.4, -0.2) is 62.1 Å². The third-order valence-electron chi connectivity index (χ3n) is 7.80. The van der Waals surface area contributed by atoms with E-state index in [1.165, 1.54) is 13.0 Å². The maximum absolute atomic E-state index is 14.4. The average molecular weight is 571 g/mol. The maximum Gasteiger partial charge on any atom is 0.335 e. The molecule has 0 radical (unpaired) electrons. The minimum absolute atomic E-state index is 0.00809. The second kappa shape index (κ2) is 11.8. The summed E-state index contributed by atoms with van der Waals surface area (Å²) in [5, 5.41) is 9.49. The van der Waals surface area contributed by atoms with Crippen LogP contribution in [0.4, 0.5) is 4.39 Å². The van der Waals surface area contributed by atoms with E-state index < -0.39 is 11.8 Å². The first-order valence-corrected chi connectivity index (χ1v) is 14.0. The molecule has 4 aromatic rings. The largest absolute Gasteiger partial charge is 0.478 e. The van der Waals surface area contributed by atoms with Crippen LogP contribution in [0.5, 0.6) is 5.88 Å². The van der Waals surface area contributed by atoms with Crippen LogP contribution in [0, 0.1) is 5.82 Å². The van der Waals surface area contributed by atoms with E-state index in [0.717, 1.165) is 54.1 Å². The van der Waals surface area contributed by atoms with E-state index >= 15 is 0 Å². The predicted octanol–water partition coefficient (Wildman–Crippen LogP) is 5.13. The highest BCUT2D eigenvalue weighted by atomic mass is 19.1. The summed E-state index contributed by atoms with van der Waals surface area (Å²) in [4.78, 5) is 34.9. The highest BCUT2D eigenvalue weighted by Gasteiger charge is 2.24. The highest BCUT2D eigenvalue weighted by molar-refractivity contribution is 5.94. The second-order valence-electron chi connectivity index (χ2n) is 10.7. The Kier molecular flexibility index (Phi) is 7.82. The van der Waals surface area contributed by atoms with E-state index in [0.29, 0.717) is 36.6 Å². The quantitative estimate of drug-likeness (QED) is 0.262. The van der Waals surface area contributed by atoms with Crippen LogP contribution in [-0.2, 0) is 24.4 Å². The molecule has 2 aliphatic rings. The monoisotopic (exact) mass is 570 g/mol. The predicted molar refractivity (Wildman–Crippen MR) is 154 cm³/mol. The lowest BCUT2D eigenvalue weighted by molar-refractivity contribution is -0.0591. The van der Waals surface area contributed by atoms with Gasteiger partial charge in [0.15, 0.2) is 5.78 Å². The molecule has 1 saturated heterocycles. The number of hydrogen-bond donors (Lipinski definition) is 1. The van der Waals surface area contributed by atoms with Gasteiger partial charge in [0.25, 0.3) is 0 Å². The minimum Gasteiger partial charge on any atom is -0.478 e. The number of carbonyl (C=O) groups is 2. The van der Waals surface area contributed by atoms with Crippen LogP contribution in [0.1, 0.15) is 57.6 Å². The fourth-order valence-corrected chi connectivity index (χ4v) is 5.26. The number of imidazole rings is 1. The van der Waals surface area contributed by atoms with Crippen molar-refractivity contribution in [1.29, 1.82) is 0 Å². The van der Waals surface area contributed by atoms with Gasteiger partial charge in [0.1, 0.15) is 18.2 Å². The van der Waals surface area contributed by atoms with E-state index in [4.69, 9.17) is 14.5 Å². The van der Waals surface area contributed by atoms with E-state index in [1.54, 1.807) is 36.4 Å². The number of fused-ring (bicyclic) bond motifs is 1. The van der Waals surface area contributed by atoms with Crippen molar-refractivity contribution in [2.75, 3.05) is 19.7 Å². The number of benzene rings is 2. The molecule has 1 atom stereocenters. The number of Topliss-reactive ketones (excluding diaryl/α,β-unsaturated/α-hetero) is 1. The molecule has 10 heteroatoms. The number of aromatic carboxylic acids is 1. The number of ether oxygens (including phenoxy) is 2. The molecule has 0 bridgehead atoms. The van der Waals surface area contributed by atoms with Crippen molar-refractivity contribution in [1.82, 2.24) is 19.4 Å². The third kappa shape index (κ3) is 5.95. The Hall–Kier alpha value is -4.41. The first-order chi connectivity index (χ1) is 20.3. The Morgan fingerprint density at radius 3 is 2.64 bits per heavy atom. The summed E-state index contributed by atoms with van der Waals surface area (Å²) >= 11 is 0. The van der Waals surface area contributed by atoms with Gasteiger partial charge in [0, 0.05) is 36.9 Å². The van der Waals surface area contributed by atoms with Gasteiger partial charge in [-0.3, -0.25) is 9.69 Å². The smallest absolute Gasteiger partial charge is 0.335 e. The zero-order valence-corrected chi connectivity index (χ0v) is 23.3. The zero-order chi connectivity index (χ0) is 29.2. The Bertz CT molecular complexity index is 1690. The number of carboxylic acids is 1. The number of ketones is 1. The summed E-state index contributed by atoms with van der Waals surface area (Å²) < 4.78 is 28.0. The van der Waals surface area contributed by atoms with Crippen molar-refractivity contribution in [2.45, 2.75) is 45.6 Å². The summed E-state index contributed by atoms with van der Waals surface area (Å²) in [7, 11) is 0. The van der Waals surface area contributed by atoms with Crippen molar-refractivity contribution in [3.63, 3.8) is 0 Å². The number of rotatable bonds is 10.